The lowest BCUT2D eigenvalue weighted by atomic mass is 9.92. The third-order valence-corrected chi connectivity index (χ3v) is 4.64. The zero-order valence-corrected chi connectivity index (χ0v) is 12.3. The van der Waals surface area contributed by atoms with Crippen molar-refractivity contribution in [1.29, 1.82) is 0 Å². The van der Waals surface area contributed by atoms with Crippen LogP contribution in [0.4, 0.5) is 0 Å². The Bertz CT molecular complexity index is 444. The first-order chi connectivity index (χ1) is 8.65. The van der Waals surface area contributed by atoms with E-state index in [2.05, 4.69) is 21.2 Å². The number of carbonyl (C=O) groups excluding carboxylic acids is 1. The van der Waals surface area contributed by atoms with E-state index in [1.807, 2.05) is 12.1 Å². The summed E-state index contributed by atoms with van der Waals surface area (Å²) in [6, 6.07) is 3.81. The lowest BCUT2D eigenvalue weighted by Gasteiger charge is -2.27. The average Bonchev–Trinajstić information content (AvgIpc) is 2.76. The summed E-state index contributed by atoms with van der Waals surface area (Å²) in [6.45, 7) is 0. The third kappa shape index (κ3) is 3.93. The van der Waals surface area contributed by atoms with Crippen LogP contribution in [0.3, 0.4) is 0 Å². The Balaban J connectivity index is 1.86. The van der Waals surface area contributed by atoms with Crippen LogP contribution >= 0.6 is 27.3 Å². The maximum absolute atomic E-state index is 11.7. The fourth-order valence-electron chi connectivity index (χ4n) is 2.09. The first-order valence-electron chi connectivity index (χ1n) is 6.07. The summed E-state index contributed by atoms with van der Waals surface area (Å²) in [4.78, 5) is 12.7. The number of carbonyl (C=O) groups is 1. The monoisotopic (exact) mass is 329 g/mol. The van der Waals surface area contributed by atoms with Gasteiger partial charge in [-0.2, -0.15) is 0 Å². The Labute approximate surface area is 119 Å². The van der Waals surface area contributed by atoms with Crippen LogP contribution < -0.4 is 5.32 Å². The molecule has 98 valence electrons. The third-order valence-electron chi connectivity index (χ3n) is 3.05. The van der Waals surface area contributed by atoms with Gasteiger partial charge in [-0.15, -0.1) is 11.3 Å². The zero-order valence-electron chi connectivity index (χ0n) is 9.93. The van der Waals surface area contributed by atoms with E-state index in [0.29, 0.717) is 0 Å². The molecule has 1 aromatic heterocycles. The topological polar surface area (TPSA) is 49.3 Å². The average molecular weight is 330 g/mol. The van der Waals surface area contributed by atoms with Gasteiger partial charge in [-0.05, 0) is 47.0 Å². The molecule has 2 atom stereocenters. The van der Waals surface area contributed by atoms with Crippen LogP contribution in [0.5, 0.6) is 0 Å². The number of aliphatic hydroxyl groups excluding tert-OH is 1. The van der Waals surface area contributed by atoms with Crippen LogP contribution in [0.15, 0.2) is 22.0 Å². The smallest absolute Gasteiger partial charge is 0.244 e. The first-order valence-corrected chi connectivity index (χ1v) is 7.68. The number of amides is 1. The molecule has 2 rings (SSSR count). The van der Waals surface area contributed by atoms with Crippen LogP contribution in [-0.4, -0.2) is 23.2 Å². The number of hydrogen-bond acceptors (Lipinski definition) is 3. The molecule has 2 N–H and O–H groups in total. The molecule has 5 heteroatoms. The number of hydrogen-bond donors (Lipinski definition) is 2. The Morgan fingerprint density at radius 1 is 1.44 bits per heavy atom. The van der Waals surface area contributed by atoms with E-state index < -0.39 is 6.10 Å². The van der Waals surface area contributed by atoms with E-state index in [-0.39, 0.29) is 11.9 Å². The van der Waals surface area contributed by atoms with Gasteiger partial charge in [0.1, 0.15) is 0 Å². The second kappa shape index (κ2) is 6.50. The highest BCUT2D eigenvalue weighted by atomic mass is 79.9. The fourth-order valence-corrected chi connectivity index (χ4v) is 3.41. The molecule has 0 unspecified atom stereocenters. The number of aliphatic hydroxyl groups is 1. The van der Waals surface area contributed by atoms with E-state index in [9.17, 15) is 9.90 Å². The van der Waals surface area contributed by atoms with Gasteiger partial charge in [0.15, 0.2) is 0 Å². The Morgan fingerprint density at radius 3 is 2.89 bits per heavy atom. The van der Waals surface area contributed by atoms with Crippen LogP contribution in [0.1, 0.15) is 30.6 Å². The highest BCUT2D eigenvalue weighted by molar-refractivity contribution is 9.11. The Hall–Kier alpha value is -0.650. The molecule has 0 radical (unpaired) electrons. The summed E-state index contributed by atoms with van der Waals surface area (Å²) in [6.07, 6.45) is 6.69. The Kier molecular flexibility index (Phi) is 4.97. The van der Waals surface area contributed by atoms with Crippen molar-refractivity contribution in [3.63, 3.8) is 0 Å². The molecule has 0 bridgehead atoms. The van der Waals surface area contributed by atoms with Crippen molar-refractivity contribution >= 4 is 39.2 Å². The molecule has 0 saturated heterocycles. The normalized spacial score (nSPS) is 24.3. The van der Waals surface area contributed by atoms with Crippen molar-refractivity contribution in [3.8, 4) is 0 Å². The fraction of sp³-hybridized carbons (Fsp3) is 0.462. The molecule has 0 aliphatic heterocycles. The molecule has 18 heavy (non-hydrogen) atoms. The molecule has 1 aromatic rings. The number of halogens is 1. The minimum absolute atomic E-state index is 0.0917. The number of thiophene rings is 1. The maximum Gasteiger partial charge on any atom is 0.244 e. The largest absolute Gasteiger partial charge is 0.391 e. The molecular formula is C13H16BrNO2S. The number of rotatable bonds is 3. The van der Waals surface area contributed by atoms with Gasteiger partial charge in [0, 0.05) is 11.0 Å². The van der Waals surface area contributed by atoms with E-state index in [1.165, 1.54) is 6.08 Å². The second-order valence-electron chi connectivity index (χ2n) is 4.44. The van der Waals surface area contributed by atoms with E-state index in [0.717, 1.165) is 34.3 Å². The lowest BCUT2D eigenvalue weighted by Crippen LogP contribution is -2.44. The SMILES string of the molecule is O=C(/C=C/c1ccc(Br)s1)N[C@H]1CCCC[C@@H]1O. The second-order valence-corrected chi connectivity index (χ2v) is 6.94. The minimum atomic E-state index is -0.396. The summed E-state index contributed by atoms with van der Waals surface area (Å²) in [5.74, 6) is -0.134. The predicted octanol–water partition coefficient (Wildman–Crippen LogP) is 2.94. The molecule has 1 aliphatic rings. The van der Waals surface area contributed by atoms with Gasteiger partial charge in [-0.25, -0.2) is 0 Å². The van der Waals surface area contributed by atoms with Gasteiger partial charge in [0.05, 0.1) is 15.9 Å². The van der Waals surface area contributed by atoms with E-state index in [1.54, 1.807) is 17.4 Å². The van der Waals surface area contributed by atoms with Crippen molar-refractivity contribution in [2.24, 2.45) is 0 Å². The van der Waals surface area contributed by atoms with Gasteiger partial charge in [0.2, 0.25) is 5.91 Å². The van der Waals surface area contributed by atoms with Crippen LogP contribution in [-0.2, 0) is 4.79 Å². The summed E-state index contributed by atoms with van der Waals surface area (Å²) < 4.78 is 1.05. The predicted molar refractivity (Wildman–Crippen MR) is 77.5 cm³/mol. The van der Waals surface area contributed by atoms with Gasteiger partial charge < -0.3 is 10.4 Å². The van der Waals surface area contributed by atoms with Crippen molar-refractivity contribution in [2.75, 3.05) is 0 Å². The van der Waals surface area contributed by atoms with Gasteiger partial charge in [0.25, 0.3) is 0 Å². The van der Waals surface area contributed by atoms with Crippen LogP contribution in [0.2, 0.25) is 0 Å². The molecular weight excluding hydrogens is 314 g/mol. The minimum Gasteiger partial charge on any atom is -0.391 e. The molecule has 1 amide bonds. The summed E-state index contributed by atoms with van der Waals surface area (Å²) >= 11 is 4.95. The summed E-state index contributed by atoms with van der Waals surface area (Å²) in [5, 5.41) is 12.6. The molecule has 1 saturated carbocycles. The van der Waals surface area contributed by atoms with Gasteiger partial charge >= 0.3 is 0 Å². The quantitative estimate of drug-likeness (QED) is 0.837. The maximum atomic E-state index is 11.7. The lowest BCUT2D eigenvalue weighted by molar-refractivity contribution is -0.118. The van der Waals surface area contributed by atoms with Crippen LogP contribution in [0, 0.1) is 0 Å². The Morgan fingerprint density at radius 2 is 2.22 bits per heavy atom. The van der Waals surface area contributed by atoms with E-state index >= 15 is 0 Å². The molecule has 1 heterocycles. The van der Waals surface area contributed by atoms with Crippen molar-refractivity contribution < 1.29 is 9.90 Å². The highest BCUT2D eigenvalue weighted by Crippen LogP contribution is 2.23. The number of nitrogens with one attached hydrogen (secondary N) is 1. The van der Waals surface area contributed by atoms with E-state index in [4.69, 9.17) is 0 Å². The summed E-state index contributed by atoms with van der Waals surface area (Å²) in [5.41, 5.74) is 0. The molecule has 1 fully saturated rings. The van der Waals surface area contributed by atoms with Crippen molar-refractivity contribution in [3.05, 3.63) is 26.9 Å². The van der Waals surface area contributed by atoms with Crippen molar-refractivity contribution in [1.82, 2.24) is 5.32 Å². The van der Waals surface area contributed by atoms with Gasteiger partial charge in [-0.3, -0.25) is 4.79 Å². The highest BCUT2D eigenvalue weighted by Gasteiger charge is 2.23. The summed E-state index contributed by atoms with van der Waals surface area (Å²) in [7, 11) is 0. The molecule has 0 aromatic carbocycles. The first kappa shape index (κ1) is 13.8. The molecule has 0 spiro atoms. The van der Waals surface area contributed by atoms with Crippen LogP contribution in [0.25, 0.3) is 6.08 Å². The zero-order chi connectivity index (χ0) is 13.0. The standard InChI is InChI=1S/C13H16BrNO2S/c14-12-7-5-9(18-12)6-8-13(17)15-10-3-1-2-4-11(10)16/h5-8,10-11,16H,1-4H2,(H,15,17)/b8-6+/t10-,11-/m0/s1. The van der Waals surface area contributed by atoms with Crippen molar-refractivity contribution in [2.45, 2.75) is 37.8 Å². The molecule has 3 nitrogen and oxygen atoms in total. The van der Waals surface area contributed by atoms with Gasteiger partial charge in [-0.1, -0.05) is 12.8 Å². The molecule has 1 aliphatic carbocycles.